The van der Waals surface area contributed by atoms with E-state index in [1.807, 2.05) is 20.8 Å². The summed E-state index contributed by atoms with van der Waals surface area (Å²) in [5.74, 6) is -0.519. The zero-order valence-corrected chi connectivity index (χ0v) is 22.0. The van der Waals surface area contributed by atoms with Crippen molar-refractivity contribution in [3.8, 4) is 0 Å². The Labute approximate surface area is 208 Å². The summed E-state index contributed by atoms with van der Waals surface area (Å²) in [4.78, 5) is 28.1. The average Bonchev–Trinajstić information content (AvgIpc) is 2.76. The van der Waals surface area contributed by atoms with Crippen LogP contribution >= 0.6 is 11.6 Å². The van der Waals surface area contributed by atoms with Crippen LogP contribution in [0.25, 0.3) is 0 Å². The first-order valence-corrected chi connectivity index (χ1v) is 13.5. The first kappa shape index (κ1) is 27.7. The van der Waals surface area contributed by atoms with Gasteiger partial charge in [-0.1, -0.05) is 68.8 Å². The fourth-order valence-electron chi connectivity index (χ4n) is 3.59. The maximum absolute atomic E-state index is 13.6. The molecule has 2 amide bonds. The molecule has 1 unspecified atom stereocenters. The van der Waals surface area contributed by atoms with Crippen molar-refractivity contribution in [3.63, 3.8) is 0 Å². The van der Waals surface area contributed by atoms with E-state index in [9.17, 15) is 18.0 Å². The summed E-state index contributed by atoms with van der Waals surface area (Å²) in [6, 6.07) is 13.3. The highest BCUT2D eigenvalue weighted by Gasteiger charge is 2.32. The van der Waals surface area contributed by atoms with Crippen LogP contribution in [0.1, 0.15) is 38.3 Å². The van der Waals surface area contributed by atoms with Crippen LogP contribution in [0.5, 0.6) is 0 Å². The minimum atomic E-state index is -3.76. The minimum absolute atomic E-state index is 0.0808. The number of anilines is 1. The first-order chi connectivity index (χ1) is 16.0. The van der Waals surface area contributed by atoms with Gasteiger partial charge in [-0.15, -0.1) is 0 Å². The summed E-state index contributed by atoms with van der Waals surface area (Å²) in [6.07, 6.45) is 1.43. The summed E-state index contributed by atoms with van der Waals surface area (Å²) >= 11 is 6.35. The fraction of sp³-hybridized carbons (Fsp3) is 0.440. The highest BCUT2D eigenvalue weighted by Crippen LogP contribution is 2.24. The number of carbonyl (C=O) groups excluding carboxylic acids is 2. The highest BCUT2D eigenvalue weighted by molar-refractivity contribution is 7.92. The van der Waals surface area contributed by atoms with Crippen molar-refractivity contribution in [2.24, 2.45) is 5.92 Å². The van der Waals surface area contributed by atoms with Gasteiger partial charge in [-0.3, -0.25) is 13.9 Å². The van der Waals surface area contributed by atoms with Gasteiger partial charge in [0.2, 0.25) is 21.8 Å². The van der Waals surface area contributed by atoms with Crippen molar-refractivity contribution in [2.75, 3.05) is 23.7 Å². The number of benzene rings is 2. The second kappa shape index (κ2) is 12.2. The maximum atomic E-state index is 13.6. The lowest BCUT2D eigenvalue weighted by Gasteiger charge is -2.33. The van der Waals surface area contributed by atoms with Gasteiger partial charge in [0.05, 0.1) is 11.9 Å². The number of amides is 2. The summed E-state index contributed by atoms with van der Waals surface area (Å²) in [5, 5.41) is 3.36. The van der Waals surface area contributed by atoms with Crippen LogP contribution in [-0.4, -0.2) is 50.5 Å². The molecule has 9 heteroatoms. The fourth-order valence-corrected chi connectivity index (χ4v) is 4.69. The molecule has 2 aromatic rings. The third-order valence-electron chi connectivity index (χ3n) is 5.43. The molecular formula is C25H34ClN3O4S. The molecule has 0 aliphatic rings. The number of carbonyl (C=O) groups is 2. The van der Waals surface area contributed by atoms with Gasteiger partial charge in [0.1, 0.15) is 12.6 Å². The molecule has 0 spiro atoms. The normalized spacial score (nSPS) is 12.3. The second-order valence-corrected chi connectivity index (χ2v) is 11.0. The molecule has 2 rings (SSSR count). The van der Waals surface area contributed by atoms with E-state index in [0.29, 0.717) is 29.2 Å². The molecule has 1 N–H and O–H groups in total. The number of halogens is 1. The van der Waals surface area contributed by atoms with E-state index in [2.05, 4.69) is 5.32 Å². The van der Waals surface area contributed by atoms with Gasteiger partial charge in [0, 0.05) is 18.1 Å². The lowest BCUT2D eigenvalue weighted by molar-refractivity contribution is -0.140. The molecule has 0 aliphatic carbocycles. The SMILES string of the molecule is CCC(C(=O)NCC(C)C)N(Cc1ccccc1Cl)C(=O)CN(c1ccccc1C)S(C)(=O)=O. The molecule has 0 saturated heterocycles. The van der Waals surface area contributed by atoms with Crippen molar-refractivity contribution < 1.29 is 18.0 Å². The van der Waals surface area contributed by atoms with Crippen molar-refractivity contribution >= 4 is 39.1 Å². The van der Waals surface area contributed by atoms with Crippen molar-refractivity contribution in [1.29, 1.82) is 0 Å². The number of aryl methyl sites for hydroxylation is 1. The number of nitrogens with one attached hydrogen (secondary N) is 1. The maximum Gasteiger partial charge on any atom is 0.244 e. The largest absolute Gasteiger partial charge is 0.354 e. The molecule has 2 aromatic carbocycles. The summed E-state index contributed by atoms with van der Waals surface area (Å²) in [7, 11) is -3.76. The van der Waals surface area contributed by atoms with Gasteiger partial charge in [-0.25, -0.2) is 8.42 Å². The molecule has 7 nitrogen and oxygen atoms in total. The highest BCUT2D eigenvalue weighted by atomic mass is 35.5. The number of hydrogen-bond acceptors (Lipinski definition) is 4. The predicted octanol–water partition coefficient (Wildman–Crippen LogP) is 3.99. The van der Waals surface area contributed by atoms with Gasteiger partial charge >= 0.3 is 0 Å². The van der Waals surface area contributed by atoms with E-state index in [4.69, 9.17) is 11.6 Å². The Kier molecular flexibility index (Phi) is 9.94. The Morgan fingerprint density at radius 3 is 2.24 bits per heavy atom. The molecule has 1 atom stereocenters. The molecule has 186 valence electrons. The van der Waals surface area contributed by atoms with E-state index in [1.54, 1.807) is 55.5 Å². The quantitative estimate of drug-likeness (QED) is 0.498. The van der Waals surface area contributed by atoms with Crippen LogP contribution in [0.3, 0.4) is 0 Å². The monoisotopic (exact) mass is 507 g/mol. The van der Waals surface area contributed by atoms with Gasteiger partial charge < -0.3 is 10.2 Å². The average molecular weight is 508 g/mol. The molecule has 0 aromatic heterocycles. The van der Waals surface area contributed by atoms with Crippen LogP contribution in [0, 0.1) is 12.8 Å². The van der Waals surface area contributed by atoms with Gasteiger partial charge in [0.15, 0.2) is 0 Å². The summed E-state index contributed by atoms with van der Waals surface area (Å²) in [5.41, 5.74) is 1.82. The van der Waals surface area contributed by atoms with Crippen LogP contribution in [0.15, 0.2) is 48.5 Å². The first-order valence-electron chi connectivity index (χ1n) is 11.3. The zero-order valence-electron chi connectivity index (χ0n) is 20.4. The molecule has 34 heavy (non-hydrogen) atoms. The molecule has 0 saturated carbocycles. The Balaban J connectivity index is 2.45. The molecule has 0 heterocycles. The van der Waals surface area contributed by atoms with Gasteiger partial charge in [0.25, 0.3) is 0 Å². The second-order valence-electron chi connectivity index (χ2n) is 8.73. The minimum Gasteiger partial charge on any atom is -0.354 e. The van der Waals surface area contributed by atoms with Gasteiger partial charge in [-0.2, -0.15) is 0 Å². The zero-order chi connectivity index (χ0) is 25.5. The third-order valence-corrected chi connectivity index (χ3v) is 6.93. The van der Waals surface area contributed by atoms with Crippen LogP contribution in [-0.2, 0) is 26.2 Å². The van der Waals surface area contributed by atoms with E-state index in [0.717, 1.165) is 16.1 Å². The van der Waals surface area contributed by atoms with Crippen LogP contribution < -0.4 is 9.62 Å². The van der Waals surface area contributed by atoms with E-state index in [-0.39, 0.29) is 18.4 Å². The lowest BCUT2D eigenvalue weighted by Crippen LogP contribution is -2.52. The van der Waals surface area contributed by atoms with Crippen molar-refractivity contribution in [1.82, 2.24) is 10.2 Å². The Morgan fingerprint density at radius 1 is 1.06 bits per heavy atom. The Hall–Kier alpha value is -2.58. The molecule has 0 radical (unpaired) electrons. The Bertz CT molecular complexity index is 1100. The van der Waals surface area contributed by atoms with Crippen molar-refractivity contribution in [3.05, 3.63) is 64.7 Å². The number of para-hydroxylation sites is 1. The van der Waals surface area contributed by atoms with Crippen LogP contribution in [0.2, 0.25) is 5.02 Å². The van der Waals surface area contributed by atoms with E-state index >= 15 is 0 Å². The topological polar surface area (TPSA) is 86.8 Å². The Morgan fingerprint density at radius 2 is 1.68 bits per heavy atom. The van der Waals surface area contributed by atoms with Crippen molar-refractivity contribution in [2.45, 2.75) is 46.7 Å². The molecule has 0 aliphatic heterocycles. The molecule has 0 bridgehead atoms. The standard InChI is InChI=1S/C25H34ClN3O4S/c1-6-22(25(31)27-15-18(2)3)28(16-20-12-8-9-13-21(20)26)24(30)17-29(34(5,32)33)23-14-10-7-11-19(23)4/h7-14,18,22H,6,15-17H2,1-5H3,(H,27,31). The summed E-state index contributed by atoms with van der Waals surface area (Å²) in [6.45, 7) is 7.71. The number of sulfonamides is 1. The lowest BCUT2D eigenvalue weighted by atomic mass is 10.1. The predicted molar refractivity (Wildman–Crippen MR) is 137 cm³/mol. The summed E-state index contributed by atoms with van der Waals surface area (Å²) < 4.78 is 26.4. The number of rotatable bonds is 11. The number of hydrogen-bond donors (Lipinski definition) is 1. The smallest absolute Gasteiger partial charge is 0.244 e. The molecule has 0 fully saturated rings. The third kappa shape index (κ3) is 7.46. The van der Waals surface area contributed by atoms with E-state index in [1.165, 1.54) is 4.90 Å². The molecular weight excluding hydrogens is 474 g/mol. The van der Waals surface area contributed by atoms with E-state index < -0.39 is 28.5 Å². The number of nitrogens with zero attached hydrogens (tertiary/aromatic N) is 2. The van der Waals surface area contributed by atoms with Gasteiger partial charge in [-0.05, 0) is 42.5 Å². The van der Waals surface area contributed by atoms with Crippen LogP contribution in [0.4, 0.5) is 5.69 Å².